The van der Waals surface area contributed by atoms with Crippen LogP contribution in [0, 0.1) is 0 Å². The van der Waals surface area contributed by atoms with E-state index in [1.54, 1.807) is 0 Å². The summed E-state index contributed by atoms with van der Waals surface area (Å²) in [6.45, 7) is 5.77. The number of nitrogens with one attached hydrogen (secondary N) is 1. The standard InChI is InChI=1S/C13H18F3N3/c1-3-10-6-17-9(2)8-19(10)11-4-5-12(18-7-11)13(14,15)16/h4-5,7,9-10,17H,3,6,8H2,1-2H3. The number of hydrogen-bond acceptors (Lipinski definition) is 3. The van der Waals surface area contributed by atoms with Crippen molar-refractivity contribution in [3.63, 3.8) is 0 Å². The van der Waals surface area contributed by atoms with Crippen molar-refractivity contribution in [1.82, 2.24) is 10.3 Å². The van der Waals surface area contributed by atoms with Crippen molar-refractivity contribution in [2.75, 3.05) is 18.0 Å². The monoisotopic (exact) mass is 273 g/mol. The lowest BCUT2D eigenvalue weighted by atomic mass is 10.1. The molecule has 6 heteroatoms. The number of halogens is 3. The zero-order valence-corrected chi connectivity index (χ0v) is 11.0. The SMILES string of the molecule is CCC1CNC(C)CN1c1ccc(C(F)(F)F)nc1. The molecule has 2 atom stereocenters. The fraction of sp³-hybridized carbons (Fsp3) is 0.615. The summed E-state index contributed by atoms with van der Waals surface area (Å²) in [6, 6.07) is 3.19. The molecule has 0 amide bonds. The first-order valence-electron chi connectivity index (χ1n) is 6.45. The second-order valence-electron chi connectivity index (χ2n) is 4.92. The first-order chi connectivity index (χ1) is 8.91. The Hall–Kier alpha value is -1.30. The number of aromatic nitrogens is 1. The van der Waals surface area contributed by atoms with Crippen LogP contribution in [0.4, 0.5) is 18.9 Å². The molecule has 0 spiro atoms. The molecule has 0 radical (unpaired) electrons. The molecule has 3 nitrogen and oxygen atoms in total. The summed E-state index contributed by atoms with van der Waals surface area (Å²) in [5.41, 5.74) is -0.0827. The molecule has 19 heavy (non-hydrogen) atoms. The maximum atomic E-state index is 12.5. The average Bonchev–Trinajstić information content (AvgIpc) is 2.38. The van der Waals surface area contributed by atoms with Gasteiger partial charge in [0.1, 0.15) is 5.69 Å². The molecule has 1 saturated heterocycles. The minimum atomic E-state index is -4.38. The van der Waals surface area contributed by atoms with Gasteiger partial charge in [0.15, 0.2) is 0 Å². The Morgan fingerprint density at radius 2 is 2.16 bits per heavy atom. The number of hydrogen-bond donors (Lipinski definition) is 1. The summed E-state index contributed by atoms with van der Waals surface area (Å²) in [4.78, 5) is 5.67. The van der Waals surface area contributed by atoms with Gasteiger partial charge in [0.25, 0.3) is 0 Å². The van der Waals surface area contributed by atoms with Crippen LogP contribution in [-0.4, -0.2) is 30.2 Å². The van der Waals surface area contributed by atoms with Gasteiger partial charge in [-0.1, -0.05) is 6.92 Å². The largest absolute Gasteiger partial charge is 0.433 e. The molecule has 1 aliphatic heterocycles. The van der Waals surface area contributed by atoms with Crippen LogP contribution >= 0.6 is 0 Å². The van der Waals surface area contributed by atoms with Crippen LogP contribution in [-0.2, 0) is 6.18 Å². The van der Waals surface area contributed by atoms with Gasteiger partial charge in [-0.15, -0.1) is 0 Å². The van der Waals surface area contributed by atoms with Gasteiger partial charge in [0, 0.05) is 25.2 Å². The molecule has 1 fully saturated rings. The van der Waals surface area contributed by atoms with Gasteiger partial charge in [0.2, 0.25) is 0 Å². The number of alkyl halides is 3. The van der Waals surface area contributed by atoms with E-state index in [-0.39, 0.29) is 0 Å². The number of piperazine rings is 1. The Kier molecular flexibility index (Phi) is 3.99. The number of pyridine rings is 1. The molecule has 2 unspecified atom stereocenters. The van der Waals surface area contributed by atoms with E-state index in [4.69, 9.17) is 0 Å². The third kappa shape index (κ3) is 3.18. The molecule has 0 aromatic carbocycles. The molecule has 0 aliphatic carbocycles. The quantitative estimate of drug-likeness (QED) is 0.898. The minimum absolute atomic E-state index is 0.301. The van der Waals surface area contributed by atoms with Crippen molar-refractivity contribution in [3.8, 4) is 0 Å². The van der Waals surface area contributed by atoms with Gasteiger partial charge >= 0.3 is 6.18 Å². The molecule has 1 aromatic rings. The molecule has 0 bridgehead atoms. The smallest absolute Gasteiger partial charge is 0.364 e. The Bertz CT molecular complexity index is 416. The highest BCUT2D eigenvalue weighted by molar-refractivity contribution is 5.47. The van der Waals surface area contributed by atoms with E-state index in [2.05, 4.69) is 29.0 Å². The van der Waals surface area contributed by atoms with Crippen LogP contribution in [0.25, 0.3) is 0 Å². The highest BCUT2D eigenvalue weighted by atomic mass is 19.4. The molecule has 2 rings (SSSR count). The minimum Gasteiger partial charge on any atom is -0.364 e. The molecule has 0 saturated carbocycles. The van der Waals surface area contributed by atoms with E-state index >= 15 is 0 Å². The van der Waals surface area contributed by atoms with Gasteiger partial charge in [-0.2, -0.15) is 13.2 Å². The first-order valence-corrected chi connectivity index (χ1v) is 6.45. The molecule has 2 heterocycles. The van der Waals surface area contributed by atoms with Crippen molar-refractivity contribution < 1.29 is 13.2 Å². The Balaban J connectivity index is 2.20. The molecule has 106 valence electrons. The molecular formula is C13H18F3N3. The van der Waals surface area contributed by atoms with Gasteiger partial charge < -0.3 is 10.2 Å². The predicted molar refractivity (Wildman–Crippen MR) is 68.1 cm³/mol. The Morgan fingerprint density at radius 3 is 2.68 bits per heavy atom. The zero-order valence-electron chi connectivity index (χ0n) is 11.0. The maximum Gasteiger partial charge on any atom is 0.433 e. The van der Waals surface area contributed by atoms with E-state index in [1.165, 1.54) is 12.3 Å². The fourth-order valence-corrected chi connectivity index (χ4v) is 2.36. The van der Waals surface area contributed by atoms with Gasteiger partial charge in [0.05, 0.1) is 11.9 Å². The zero-order chi connectivity index (χ0) is 14.0. The van der Waals surface area contributed by atoms with Crippen molar-refractivity contribution in [2.24, 2.45) is 0 Å². The summed E-state index contributed by atoms with van der Waals surface area (Å²) < 4.78 is 37.4. The van der Waals surface area contributed by atoms with Crippen LogP contribution < -0.4 is 10.2 Å². The summed E-state index contributed by atoms with van der Waals surface area (Å²) in [5, 5.41) is 3.38. The first kappa shape index (κ1) is 14.1. The van der Waals surface area contributed by atoms with Crippen molar-refractivity contribution in [2.45, 2.75) is 38.5 Å². The predicted octanol–water partition coefficient (Wildman–Crippen LogP) is 2.68. The van der Waals surface area contributed by atoms with Crippen LogP contribution in [0.2, 0.25) is 0 Å². The lowest BCUT2D eigenvalue weighted by molar-refractivity contribution is -0.141. The van der Waals surface area contributed by atoms with Gasteiger partial charge in [-0.25, -0.2) is 4.98 Å². The van der Waals surface area contributed by atoms with E-state index in [0.29, 0.717) is 12.1 Å². The molecule has 1 aliphatic rings. The molecular weight excluding hydrogens is 255 g/mol. The van der Waals surface area contributed by atoms with Crippen LogP contribution in [0.3, 0.4) is 0 Å². The third-order valence-electron chi connectivity index (χ3n) is 3.45. The van der Waals surface area contributed by atoms with E-state index in [0.717, 1.165) is 31.3 Å². The van der Waals surface area contributed by atoms with Crippen LogP contribution in [0.5, 0.6) is 0 Å². The summed E-state index contributed by atoms with van der Waals surface area (Å²) in [6.07, 6.45) is -2.11. The third-order valence-corrected chi connectivity index (χ3v) is 3.45. The number of nitrogens with zero attached hydrogens (tertiary/aromatic N) is 2. The summed E-state index contributed by atoms with van der Waals surface area (Å²) >= 11 is 0. The molecule has 1 N–H and O–H groups in total. The number of rotatable bonds is 2. The lowest BCUT2D eigenvalue weighted by Crippen LogP contribution is -2.55. The van der Waals surface area contributed by atoms with Gasteiger partial charge in [-0.05, 0) is 25.5 Å². The summed E-state index contributed by atoms with van der Waals surface area (Å²) in [5.74, 6) is 0. The topological polar surface area (TPSA) is 28.2 Å². The van der Waals surface area contributed by atoms with E-state index < -0.39 is 11.9 Å². The number of anilines is 1. The second-order valence-corrected chi connectivity index (χ2v) is 4.92. The second kappa shape index (κ2) is 5.36. The van der Waals surface area contributed by atoms with E-state index in [1.807, 2.05) is 0 Å². The van der Waals surface area contributed by atoms with Crippen molar-refractivity contribution in [3.05, 3.63) is 24.0 Å². The highest BCUT2D eigenvalue weighted by Crippen LogP contribution is 2.29. The van der Waals surface area contributed by atoms with Crippen molar-refractivity contribution in [1.29, 1.82) is 0 Å². The summed E-state index contributed by atoms with van der Waals surface area (Å²) in [7, 11) is 0. The lowest BCUT2D eigenvalue weighted by Gasteiger charge is -2.40. The van der Waals surface area contributed by atoms with E-state index in [9.17, 15) is 13.2 Å². The Labute approximate surface area is 110 Å². The van der Waals surface area contributed by atoms with Gasteiger partial charge in [-0.3, -0.25) is 0 Å². The highest BCUT2D eigenvalue weighted by Gasteiger charge is 2.32. The fourth-order valence-electron chi connectivity index (χ4n) is 2.36. The maximum absolute atomic E-state index is 12.5. The average molecular weight is 273 g/mol. The van der Waals surface area contributed by atoms with Crippen molar-refractivity contribution >= 4 is 5.69 Å². The normalized spacial score (nSPS) is 24.6. The van der Waals surface area contributed by atoms with Crippen LogP contribution in [0.1, 0.15) is 26.0 Å². The molecule has 1 aromatic heterocycles. The van der Waals surface area contributed by atoms with Crippen LogP contribution in [0.15, 0.2) is 18.3 Å². The Morgan fingerprint density at radius 1 is 1.42 bits per heavy atom.